The lowest BCUT2D eigenvalue weighted by Gasteiger charge is -2.35. The Morgan fingerprint density at radius 2 is 1.57 bits per heavy atom. The zero-order valence-corrected chi connectivity index (χ0v) is 28.2. The zero-order chi connectivity index (χ0) is 34.2. The van der Waals surface area contributed by atoms with Crippen LogP contribution in [0.25, 0.3) is 39.4 Å². The first-order valence-corrected chi connectivity index (χ1v) is 18.0. The van der Waals surface area contributed by atoms with E-state index < -0.39 is 0 Å². The van der Waals surface area contributed by atoms with E-state index in [-0.39, 0.29) is 29.4 Å². The number of aryl methyl sites for hydroxylation is 1. The van der Waals surface area contributed by atoms with E-state index in [9.17, 15) is 14.4 Å². The van der Waals surface area contributed by atoms with Crippen LogP contribution in [-0.2, 0) is 22.6 Å². The normalized spacial score (nSPS) is 19.4. The van der Waals surface area contributed by atoms with Gasteiger partial charge in [-0.25, -0.2) is 10.4 Å². The van der Waals surface area contributed by atoms with E-state index in [0.717, 1.165) is 80.5 Å². The van der Waals surface area contributed by atoms with Crippen LogP contribution in [0.1, 0.15) is 63.4 Å². The highest BCUT2D eigenvalue weighted by Gasteiger charge is 2.35. The summed E-state index contributed by atoms with van der Waals surface area (Å²) in [6.07, 6.45) is 12.9. The molecule has 0 spiro atoms. The molecular formula is C43H36N5O3. The lowest BCUT2D eigenvalue weighted by molar-refractivity contribution is -0.134. The Morgan fingerprint density at radius 1 is 0.804 bits per heavy atom. The lowest BCUT2D eigenvalue weighted by atomic mass is 9.82. The topological polar surface area (TPSA) is 94.6 Å². The van der Waals surface area contributed by atoms with Crippen LogP contribution < -0.4 is 21.3 Å². The van der Waals surface area contributed by atoms with Gasteiger partial charge >= 0.3 is 0 Å². The minimum Gasteiger partial charge on any atom is -0.339 e. The minimum absolute atomic E-state index is 0.0122. The number of benzene rings is 4. The van der Waals surface area contributed by atoms with E-state index in [0.29, 0.717) is 38.3 Å². The SMILES string of the molecule is O=C1C=C(c2ccc3n[c]cc4c3c2CNN4)c2ccc3c4c(ccc3c2=C1)CCC(c1ccc(C(=O)N2CCN(C(=O)C3CC3)CC2)cc1)C=4. The third kappa shape index (κ3) is 5.08. The lowest BCUT2D eigenvalue weighted by Crippen LogP contribution is -2.51. The Labute approximate surface area is 295 Å². The van der Waals surface area contributed by atoms with Crippen molar-refractivity contribution >= 4 is 62.7 Å². The molecule has 4 aromatic carbocycles. The number of hydrazine groups is 1. The number of allylic oxidation sites excluding steroid dienone is 1. The fraction of sp³-hybridized carbons (Fsp3) is 0.256. The molecule has 1 saturated heterocycles. The van der Waals surface area contributed by atoms with Gasteiger partial charge in [-0.1, -0.05) is 48.5 Å². The molecule has 5 aliphatic rings. The monoisotopic (exact) mass is 670 g/mol. The summed E-state index contributed by atoms with van der Waals surface area (Å²) in [6, 6.07) is 22.9. The molecule has 1 unspecified atom stereocenters. The van der Waals surface area contributed by atoms with Gasteiger partial charge in [-0.05, 0) is 117 Å². The second-order valence-electron chi connectivity index (χ2n) is 14.5. The number of nitrogens with one attached hydrogen (secondary N) is 2. The largest absolute Gasteiger partial charge is 0.339 e. The molecule has 1 radical (unpaired) electrons. The van der Waals surface area contributed by atoms with Crippen LogP contribution in [0, 0.1) is 12.1 Å². The number of hydrogen-bond acceptors (Lipinski definition) is 6. The van der Waals surface area contributed by atoms with Crippen LogP contribution in [0.4, 0.5) is 5.69 Å². The molecule has 1 aromatic heterocycles. The minimum atomic E-state index is -0.0122. The van der Waals surface area contributed by atoms with Crippen LogP contribution >= 0.6 is 0 Å². The number of carbonyl (C=O) groups is 3. The van der Waals surface area contributed by atoms with Crippen LogP contribution in [-0.4, -0.2) is 58.6 Å². The molecule has 1 saturated carbocycles. The molecule has 8 nitrogen and oxygen atoms in total. The first kappa shape index (κ1) is 30.2. The van der Waals surface area contributed by atoms with Gasteiger partial charge in [-0.3, -0.25) is 14.4 Å². The van der Waals surface area contributed by atoms with Crippen LogP contribution in [0.2, 0.25) is 0 Å². The molecule has 251 valence electrons. The number of pyridine rings is 1. The first-order valence-electron chi connectivity index (χ1n) is 18.0. The molecule has 3 heterocycles. The molecule has 51 heavy (non-hydrogen) atoms. The van der Waals surface area contributed by atoms with Crippen molar-refractivity contribution in [1.29, 1.82) is 0 Å². The number of fused-ring (bicyclic) bond motifs is 5. The highest BCUT2D eigenvalue weighted by atomic mass is 16.2. The van der Waals surface area contributed by atoms with Crippen LogP contribution in [0.15, 0.2) is 72.8 Å². The first-order chi connectivity index (χ1) is 25.0. The predicted octanol–water partition coefficient (Wildman–Crippen LogP) is 4.62. The fourth-order valence-electron chi connectivity index (χ4n) is 8.59. The summed E-state index contributed by atoms with van der Waals surface area (Å²) in [5.74, 6) is 0.711. The summed E-state index contributed by atoms with van der Waals surface area (Å²) in [5.41, 5.74) is 15.7. The van der Waals surface area contributed by atoms with Crippen LogP contribution in [0.5, 0.6) is 0 Å². The summed E-state index contributed by atoms with van der Waals surface area (Å²) in [7, 11) is 0. The highest BCUT2D eigenvalue weighted by molar-refractivity contribution is 6.21. The van der Waals surface area contributed by atoms with Gasteiger partial charge < -0.3 is 15.2 Å². The van der Waals surface area contributed by atoms with Gasteiger partial charge in [-0.15, -0.1) is 0 Å². The van der Waals surface area contributed by atoms with Crippen molar-refractivity contribution in [1.82, 2.24) is 20.2 Å². The predicted molar refractivity (Wildman–Crippen MR) is 198 cm³/mol. The molecule has 2 N–H and O–H groups in total. The van der Waals surface area contributed by atoms with Gasteiger partial charge in [0.1, 0.15) is 0 Å². The van der Waals surface area contributed by atoms with Crippen molar-refractivity contribution in [3.8, 4) is 0 Å². The number of ketones is 1. The summed E-state index contributed by atoms with van der Waals surface area (Å²) in [4.78, 5) is 47.4. The molecule has 2 fully saturated rings. The van der Waals surface area contributed by atoms with E-state index in [4.69, 9.17) is 0 Å². The second kappa shape index (κ2) is 11.7. The van der Waals surface area contributed by atoms with Crippen molar-refractivity contribution in [2.75, 3.05) is 31.6 Å². The summed E-state index contributed by atoms with van der Waals surface area (Å²) in [5, 5.41) is 5.48. The Morgan fingerprint density at radius 3 is 2.39 bits per heavy atom. The molecule has 5 aromatic rings. The average Bonchev–Trinajstić information content (AvgIpc) is 4.03. The number of piperazine rings is 1. The fourth-order valence-corrected chi connectivity index (χ4v) is 8.59. The third-order valence-electron chi connectivity index (χ3n) is 11.5. The van der Waals surface area contributed by atoms with Crippen molar-refractivity contribution in [3.63, 3.8) is 0 Å². The van der Waals surface area contributed by atoms with Gasteiger partial charge in [0.2, 0.25) is 5.91 Å². The van der Waals surface area contributed by atoms with E-state index in [1.54, 1.807) is 12.2 Å². The Balaban J connectivity index is 0.958. The third-order valence-corrected chi connectivity index (χ3v) is 11.5. The standard InChI is InChI=1S/C43H36N5O3/c49-30-22-36-32-10-9-26-3-8-29(25-1-4-27(5-2-25)42(50)47-17-19-48(20-18-47)43(51)28-6-7-28)21-35(26)31(32)11-12-33(36)37(23-30)34-13-14-39-41-38(34)24-45-46-40(41)15-16-44-39/h1-2,4-5,9-15,21-23,28-29,45-46H,3,6-8,17-20,24H2. The van der Waals surface area contributed by atoms with E-state index in [1.807, 2.05) is 34.1 Å². The quantitative estimate of drug-likeness (QED) is 0.290. The molecule has 2 amide bonds. The van der Waals surface area contributed by atoms with Gasteiger partial charge in [0.15, 0.2) is 5.78 Å². The van der Waals surface area contributed by atoms with Crippen molar-refractivity contribution in [2.45, 2.75) is 38.1 Å². The molecule has 10 rings (SSSR count). The molecule has 0 bridgehead atoms. The van der Waals surface area contributed by atoms with Gasteiger partial charge in [0.25, 0.3) is 5.91 Å². The van der Waals surface area contributed by atoms with Gasteiger partial charge in [0.05, 0.1) is 17.4 Å². The van der Waals surface area contributed by atoms with E-state index >= 15 is 0 Å². The smallest absolute Gasteiger partial charge is 0.253 e. The van der Waals surface area contributed by atoms with Crippen molar-refractivity contribution in [3.05, 3.63) is 123 Å². The molecule has 8 heteroatoms. The van der Waals surface area contributed by atoms with E-state index in [2.05, 4.69) is 70.6 Å². The Bertz CT molecular complexity index is 2490. The molecule has 3 aliphatic carbocycles. The number of nitrogens with zero attached hydrogens (tertiary/aromatic N) is 3. The van der Waals surface area contributed by atoms with E-state index in [1.165, 1.54) is 16.3 Å². The Kier molecular flexibility index (Phi) is 6.96. The summed E-state index contributed by atoms with van der Waals surface area (Å²) in [6.45, 7) is 3.01. The molecule has 2 aliphatic heterocycles. The number of anilines is 1. The number of amides is 2. The molecule has 1 atom stereocenters. The number of hydrogen-bond donors (Lipinski definition) is 2. The second-order valence-corrected chi connectivity index (χ2v) is 14.5. The van der Waals surface area contributed by atoms with Crippen molar-refractivity contribution < 1.29 is 14.4 Å². The highest BCUT2D eigenvalue weighted by Crippen LogP contribution is 2.36. The maximum absolute atomic E-state index is 13.4. The summed E-state index contributed by atoms with van der Waals surface area (Å²) >= 11 is 0. The maximum atomic E-state index is 13.4. The average molecular weight is 671 g/mol. The zero-order valence-electron chi connectivity index (χ0n) is 28.2. The van der Waals surface area contributed by atoms with Crippen LogP contribution in [0.3, 0.4) is 0 Å². The Hall–Kier alpha value is -5.60. The number of aromatic nitrogens is 1. The van der Waals surface area contributed by atoms with Gasteiger partial charge in [0, 0.05) is 55.5 Å². The summed E-state index contributed by atoms with van der Waals surface area (Å²) < 4.78 is 0. The number of carbonyl (C=O) groups excluding carboxylic acids is 3. The maximum Gasteiger partial charge on any atom is 0.253 e. The van der Waals surface area contributed by atoms with Crippen molar-refractivity contribution in [2.24, 2.45) is 5.92 Å². The molecular weight excluding hydrogens is 635 g/mol. The van der Waals surface area contributed by atoms with Gasteiger partial charge in [-0.2, -0.15) is 0 Å². The number of rotatable bonds is 4.